The molecule has 2 aliphatic heterocycles. The summed E-state index contributed by atoms with van der Waals surface area (Å²) < 4.78 is 41.3. The molecular formula is C23H18F3N3O3S. The van der Waals surface area contributed by atoms with Crippen molar-refractivity contribution < 1.29 is 23.1 Å². The number of aromatic hydroxyl groups is 1. The summed E-state index contributed by atoms with van der Waals surface area (Å²) in [6, 6.07) is 15.8. The van der Waals surface area contributed by atoms with E-state index in [2.05, 4.69) is 0 Å². The monoisotopic (exact) mass is 473 g/mol. The molecule has 2 aliphatic rings. The van der Waals surface area contributed by atoms with E-state index in [0.717, 1.165) is 27.7 Å². The molecule has 6 nitrogen and oxygen atoms in total. The van der Waals surface area contributed by atoms with E-state index in [1.54, 1.807) is 16.8 Å². The number of fused-ring (bicyclic) bond motifs is 3. The van der Waals surface area contributed by atoms with E-state index in [1.165, 1.54) is 10.9 Å². The zero-order valence-corrected chi connectivity index (χ0v) is 17.9. The molecule has 1 amide bonds. The number of hydrogen-bond donors (Lipinski definition) is 1. The number of aromatic nitrogens is 1. The van der Waals surface area contributed by atoms with E-state index in [-0.39, 0.29) is 6.67 Å². The van der Waals surface area contributed by atoms with Gasteiger partial charge < -0.3 is 10.0 Å². The van der Waals surface area contributed by atoms with Crippen molar-refractivity contribution in [1.82, 2.24) is 9.58 Å². The molecule has 0 aliphatic carbocycles. The number of thioether (sulfide) groups is 1. The summed E-state index contributed by atoms with van der Waals surface area (Å²) in [4.78, 5) is 26.6. The SMILES string of the molecule is O=C1c2c(O)c(=O)ccn2N(C2c3ccccc3CSc3ccccc32)CN1CC(F)(F)F. The van der Waals surface area contributed by atoms with Gasteiger partial charge in [-0.2, -0.15) is 13.2 Å². The Labute approximate surface area is 190 Å². The van der Waals surface area contributed by atoms with E-state index < -0.39 is 41.5 Å². The highest BCUT2D eigenvalue weighted by Crippen LogP contribution is 2.42. The highest BCUT2D eigenvalue weighted by Gasteiger charge is 2.42. The molecule has 1 N–H and O–H groups in total. The number of alkyl halides is 3. The highest BCUT2D eigenvalue weighted by molar-refractivity contribution is 7.98. The first-order valence-corrected chi connectivity index (χ1v) is 11.1. The van der Waals surface area contributed by atoms with Gasteiger partial charge in [0, 0.05) is 22.9 Å². The number of carbonyl (C=O) groups excluding carboxylic acids is 1. The van der Waals surface area contributed by atoms with Crippen LogP contribution in [-0.2, 0) is 5.75 Å². The Morgan fingerprint density at radius 1 is 1.00 bits per heavy atom. The van der Waals surface area contributed by atoms with Crippen LogP contribution in [0.15, 0.2) is 70.5 Å². The van der Waals surface area contributed by atoms with Gasteiger partial charge in [0.05, 0.1) is 6.04 Å². The van der Waals surface area contributed by atoms with Crippen LogP contribution in [0, 0.1) is 0 Å². The van der Waals surface area contributed by atoms with Crippen molar-refractivity contribution in [3.8, 4) is 5.75 Å². The third kappa shape index (κ3) is 3.74. The van der Waals surface area contributed by atoms with Crippen molar-refractivity contribution in [3.63, 3.8) is 0 Å². The number of halogens is 3. The number of nitrogens with zero attached hydrogens (tertiary/aromatic N) is 3. The van der Waals surface area contributed by atoms with Crippen molar-refractivity contribution in [1.29, 1.82) is 0 Å². The van der Waals surface area contributed by atoms with Crippen molar-refractivity contribution in [2.75, 3.05) is 18.2 Å². The summed E-state index contributed by atoms with van der Waals surface area (Å²) in [5.74, 6) is -1.25. The highest BCUT2D eigenvalue weighted by atomic mass is 32.2. The van der Waals surface area contributed by atoms with Gasteiger partial charge in [-0.05, 0) is 22.8 Å². The van der Waals surface area contributed by atoms with Crippen molar-refractivity contribution >= 4 is 17.7 Å². The molecule has 170 valence electrons. The quantitative estimate of drug-likeness (QED) is 0.613. The fraction of sp³-hybridized carbons (Fsp3) is 0.217. The molecule has 1 atom stereocenters. The van der Waals surface area contributed by atoms with Gasteiger partial charge >= 0.3 is 6.18 Å². The molecule has 0 fully saturated rings. The van der Waals surface area contributed by atoms with Crippen LogP contribution in [0.3, 0.4) is 0 Å². The molecule has 3 aromatic rings. The molecule has 2 aromatic carbocycles. The molecule has 1 unspecified atom stereocenters. The molecule has 3 heterocycles. The summed E-state index contributed by atoms with van der Waals surface area (Å²) in [7, 11) is 0. The van der Waals surface area contributed by atoms with E-state index in [9.17, 15) is 27.9 Å². The lowest BCUT2D eigenvalue weighted by molar-refractivity contribution is -0.141. The summed E-state index contributed by atoms with van der Waals surface area (Å²) >= 11 is 1.62. The number of benzene rings is 2. The van der Waals surface area contributed by atoms with Gasteiger partial charge in [-0.15, -0.1) is 11.8 Å². The second-order valence-electron chi connectivity index (χ2n) is 7.85. The normalized spacial score (nSPS) is 17.8. The van der Waals surface area contributed by atoms with Crippen molar-refractivity contribution in [2.45, 2.75) is 22.9 Å². The maximum atomic E-state index is 13.3. The Balaban J connectivity index is 1.75. The van der Waals surface area contributed by atoms with E-state index in [0.29, 0.717) is 10.7 Å². The van der Waals surface area contributed by atoms with Crippen LogP contribution in [0.4, 0.5) is 13.2 Å². The average molecular weight is 473 g/mol. The minimum atomic E-state index is -4.65. The molecule has 33 heavy (non-hydrogen) atoms. The van der Waals surface area contributed by atoms with E-state index >= 15 is 0 Å². The largest absolute Gasteiger partial charge is 0.502 e. The topological polar surface area (TPSA) is 65.8 Å². The van der Waals surface area contributed by atoms with Crippen LogP contribution in [0.25, 0.3) is 0 Å². The van der Waals surface area contributed by atoms with Gasteiger partial charge in [0.25, 0.3) is 5.91 Å². The lowest BCUT2D eigenvalue weighted by Gasteiger charge is -2.44. The summed E-state index contributed by atoms with van der Waals surface area (Å²) in [6.45, 7) is -1.89. The van der Waals surface area contributed by atoms with Crippen LogP contribution < -0.4 is 10.4 Å². The van der Waals surface area contributed by atoms with Gasteiger partial charge in [0.1, 0.15) is 13.2 Å². The Hall–Kier alpha value is -3.40. The van der Waals surface area contributed by atoms with Crippen molar-refractivity contribution in [3.05, 3.63) is 93.4 Å². The minimum Gasteiger partial charge on any atom is -0.502 e. The van der Waals surface area contributed by atoms with Gasteiger partial charge in [-0.25, -0.2) is 0 Å². The standard InChI is InChI=1S/C23H18F3N3O3S/c24-23(25,26)12-27-13-29(28-10-9-17(30)21(31)20(28)22(27)32)19-15-6-2-1-5-14(15)11-33-18-8-4-3-7-16(18)19/h1-10,19,31H,11-13H2. The Bertz CT molecular complexity index is 1260. The van der Waals surface area contributed by atoms with E-state index in [1.807, 2.05) is 48.5 Å². The lowest BCUT2D eigenvalue weighted by Crippen LogP contribution is -2.57. The van der Waals surface area contributed by atoms with Gasteiger partial charge in [-0.3, -0.25) is 19.3 Å². The zero-order valence-electron chi connectivity index (χ0n) is 17.1. The molecule has 0 bridgehead atoms. The Kier molecular flexibility index (Phi) is 5.12. The Morgan fingerprint density at radius 3 is 2.45 bits per heavy atom. The first kappa shape index (κ1) is 21.4. The van der Waals surface area contributed by atoms with Gasteiger partial charge in [0.15, 0.2) is 11.4 Å². The average Bonchev–Trinajstić information content (AvgIpc) is 2.94. The third-order valence-corrected chi connectivity index (χ3v) is 6.89. The summed E-state index contributed by atoms with van der Waals surface area (Å²) in [6.07, 6.45) is -3.33. The number of carbonyl (C=O) groups is 1. The molecule has 1 aromatic heterocycles. The maximum Gasteiger partial charge on any atom is 0.406 e. The number of hydrogen-bond acceptors (Lipinski definition) is 5. The predicted molar refractivity (Wildman–Crippen MR) is 117 cm³/mol. The predicted octanol–water partition coefficient (Wildman–Crippen LogP) is 3.86. The number of amides is 1. The van der Waals surface area contributed by atoms with Gasteiger partial charge in [-0.1, -0.05) is 42.5 Å². The minimum absolute atomic E-state index is 0.383. The summed E-state index contributed by atoms with van der Waals surface area (Å²) in [5, 5.41) is 12.0. The molecule has 10 heteroatoms. The molecule has 0 saturated carbocycles. The van der Waals surface area contributed by atoms with Crippen LogP contribution in [0.2, 0.25) is 0 Å². The molecule has 0 spiro atoms. The second-order valence-corrected chi connectivity index (χ2v) is 8.87. The summed E-state index contributed by atoms with van der Waals surface area (Å²) in [5.41, 5.74) is 1.43. The van der Waals surface area contributed by atoms with Crippen LogP contribution >= 0.6 is 11.8 Å². The number of rotatable bonds is 2. The van der Waals surface area contributed by atoms with Crippen molar-refractivity contribution in [2.24, 2.45) is 0 Å². The fourth-order valence-corrected chi connectivity index (χ4v) is 5.44. The van der Waals surface area contributed by atoms with Gasteiger partial charge in [0.2, 0.25) is 5.43 Å². The smallest absolute Gasteiger partial charge is 0.406 e. The first-order valence-electron chi connectivity index (χ1n) is 10.1. The molecule has 0 radical (unpaired) electrons. The second kappa shape index (κ2) is 7.87. The molecular weight excluding hydrogens is 455 g/mol. The fourth-order valence-electron chi connectivity index (χ4n) is 4.35. The number of pyridine rings is 1. The van der Waals surface area contributed by atoms with Crippen LogP contribution in [0.5, 0.6) is 5.75 Å². The maximum absolute atomic E-state index is 13.3. The Morgan fingerprint density at radius 2 is 1.70 bits per heavy atom. The van der Waals surface area contributed by atoms with Crippen LogP contribution in [0.1, 0.15) is 33.2 Å². The van der Waals surface area contributed by atoms with Crippen LogP contribution in [-0.4, -0.2) is 40.0 Å². The lowest BCUT2D eigenvalue weighted by atomic mass is 9.94. The third-order valence-electron chi connectivity index (χ3n) is 5.75. The zero-order chi connectivity index (χ0) is 23.3. The molecule has 5 rings (SSSR count). The molecule has 0 saturated heterocycles. The first-order chi connectivity index (χ1) is 15.7. The van der Waals surface area contributed by atoms with E-state index in [4.69, 9.17) is 0 Å².